The average molecular weight is 523 g/mol. The molecule has 1 N–H and O–H groups in total. The van der Waals surface area contributed by atoms with Crippen molar-refractivity contribution >= 4 is 22.8 Å². The number of halogens is 3. The van der Waals surface area contributed by atoms with Crippen molar-refractivity contribution in [2.45, 2.75) is 13.1 Å². The number of fused-ring (bicyclic) bond motifs is 1. The van der Waals surface area contributed by atoms with Crippen molar-refractivity contribution in [3.8, 4) is 16.9 Å². The van der Waals surface area contributed by atoms with Gasteiger partial charge in [-0.25, -0.2) is 4.98 Å². The van der Waals surface area contributed by atoms with E-state index in [2.05, 4.69) is 9.97 Å². The quantitative estimate of drug-likeness (QED) is 0.413. The van der Waals surface area contributed by atoms with Gasteiger partial charge in [-0.2, -0.15) is 13.2 Å². The van der Waals surface area contributed by atoms with Crippen LogP contribution in [0.15, 0.2) is 65.5 Å². The highest BCUT2D eigenvalue weighted by molar-refractivity contribution is 5.95. The van der Waals surface area contributed by atoms with Crippen molar-refractivity contribution in [1.29, 1.82) is 0 Å². The molecule has 0 unspecified atom stereocenters. The maximum Gasteiger partial charge on any atom is 0.419 e. The third kappa shape index (κ3) is 4.81. The molecule has 1 aliphatic heterocycles. The second-order valence-corrected chi connectivity index (χ2v) is 9.13. The Morgan fingerprint density at radius 1 is 1.00 bits per heavy atom. The van der Waals surface area contributed by atoms with E-state index < -0.39 is 11.7 Å². The van der Waals surface area contributed by atoms with Crippen LogP contribution in [0.25, 0.3) is 22.0 Å². The van der Waals surface area contributed by atoms with E-state index in [-0.39, 0.29) is 17.2 Å². The number of methoxy groups -OCH3 is 1. The van der Waals surface area contributed by atoms with E-state index in [1.807, 2.05) is 11.0 Å². The molecule has 0 bridgehead atoms. The van der Waals surface area contributed by atoms with Gasteiger partial charge in [0.1, 0.15) is 5.75 Å². The molecule has 1 aliphatic rings. The van der Waals surface area contributed by atoms with Gasteiger partial charge in [-0.05, 0) is 60.0 Å². The van der Waals surface area contributed by atoms with E-state index in [4.69, 9.17) is 4.74 Å². The molecule has 0 aliphatic carbocycles. The number of ether oxygens (including phenoxy) is 1. The first-order valence-corrected chi connectivity index (χ1v) is 12.1. The van der Waals surface area contributed by atoms with Gasteiger partial charge in [-0.1, -0.05) is 24.3 Å². The van der Waals surface area contributed by atoms with Crippen molar-refractivity contribution in [2.24, 2.45) is 0 Å². The van der Waals surface area contributed by atoms with Crippen molar-refractivity contribution in [1.82, 2.24) is 14.9 Å². The van der Waals surface area contributed by atoms with Gasteiger partial charge in [0.25, 0.3) is 11.5 Å². The number of carbonyl (C=O) groups excluding carboxylic acids is 1. The van der Waals surface area contributed by atoms with Gasteiger partial charge >= 0.3 is 6.18 Å². The number of amides is 1. The number of anilines is 1. The molecule has 1 fully saturated rings. The SMILES string of the molecule is COc1ccc(-c2ccc(C(=O)N3CCN(c4nc5ccccc5c(=O)[nH]4)CC3)cc2C)cc1C(F)(F)F. The minimum absolute atomic E-state index is 0.162. The summed E-state index contributed by atoms with van der Waals surface area (Å²) >= 11 is 0. The van der Waals surface area contributed by atoms with Crippen molar-refractivity contribution in [2.75, 3.05) is 38.2 Å². The van der Waals surface area contributed by atoms with Crippen LogP contribution in [0.2, 0.25) is 0 Å². The fourth-order valence-electron chi connectivity index (χ4n) is 4.75. The summed E-state index contributed by atoms with van der Waals surface area (Å²) in [6.45, 7) is 3.63. The second kappa shape index (κ2) is 9.85. The van der Waals surface area contributed by atoms with Crippen LogP contribution in [-0.2, 0) is 6.18 Å². The maximum absolute atomic E-state index is 13.5. The number of aromatic nitrogens is 2. The molecule has 5 rings (SSSR count). The lowest BCUT2D eigenvalue weighted by molar-refractivity contribution is -0.138. The van der Waals surface area contributed by atoms with Crippen LogP contribution in [0.1, 0.15) is 21.5 Å². The molecular weight excluding hydrogens is 497 g/mol. The smallest absolute Gasteiger partial charge is 0.419 e. The molecule has 4 aromatic rings. The molecule has 1 saturated heterocycles. The number of alkyl halides is 3. The lowest BCUT2D eigenvalue weighted by Gasteiger charge is -2.35. The van der Waals surface area contributed by atoms with E-state index in [0.29, 0.717) is 65.3 Å². The number of rotatable bonds is 4. The van der Waals surface area contributed by atoms with Crippen LogP contribution in [-0.4, -0.2) is 54.1 Å². The Balaban J connectivity index is 1.31. The number of benzene rings is 3. The Morgan fingerprint density at radius 2 is 1.74 bits per heavy atom. The monoisotopic (exact) mass is 522 g/mol. The fraction of sp³-hybridized carbons (Fsp3) is 0.250. The predicted octanol–water partition coefficient (Wildman–Crippen LogP) is 4.89. The highest BCUT2D eigenvalue weighted by Gasteiger charge is 2.34. The third-order valence-corrected chi connectivity index (χ3v) is 6.76. The Kier molecular flexibility index (Phi) is 6.56. The molecule has 2 heterocycles. The molecule has 0 saturated carbocycles. The summed E-state index contributed by atoms with van der Waals surface area (Å²) < 4.78 is 45.3. The Bertz CT molecular complexity index is 1570. The fourth-order valence-corrected chi connectivity index (χ4v) is 4.75. The van der Waals surface area contributed by atoms with Gasteiger partial charge in [-0.3, -0.25) is 14.6 Å². The van der Waals surface area contributed by atoms with Gasteiger partial charge in [0.15, 0.2) is 0 Å². The average Bonchev–Trinajstić information content (AvgIpc) is 2.92. The van der Waals surface area contributed by atoms with Gasteiger partial charge in [0.05, 0.1) is 23.6 Å². The van der Waals surface area contributed by atoms with Gasteiger partial charge in [0.2, 0.25) is 5.95 Å². The maximum atomic E-state index is 13.5. The summed E-state index contributed by atoms with van der Waals surface area (Å²) in [5.74, 6) is 0.0662. The van der Waals surface area contributed by atoms with Crippen molar-refractivity contribution < 1.29 is 22.7 Å². The summed E-state index contributed by atoms with van der Waals surface area (Å²) in [6.07, 6.45) is -4.55. The number of aryl methyl sites for hydroxylation is 1. The van der Waals surface area contributed by atoms with Crippen LogP contribution < -0.4 is 15.2 Å². The van der Waals surface area contributed by atoms with Crippen LogP contribution in [0.4, 0.5) is 19.1 Å². The summed E-state index contributed by atoms with van der Waals surface area (Å²) in [5.41, 5.74) is 1.69. The number of hydrogen-bond donors (Lipinski definition) is 1. The van der Waals surface area contributed by atoms with Crippen LogP contribution in [0.5, 0.6) is 5.75 Å². The summed E-state index contributed by atoms with van der Waals surface area (Å²) in [4.78, 5) is 36.7. The largest absolute Gasteiger partial charge is 0.496 e. The molecule has 0 spiro atoms. The van der Waals surface area contributed by atoms with Gasteiger partial charge in [-0.15, -0.1) is 0 Å². The van der Waals surface area contributed by atoms with E-state index in [1.54, 1.807) is 54.3 Å². The second-order valence-electron chi connectivity index (χ2n) is 9.13. The lowest BCUT2D eigenvalue weighted by Crippen LogP contribution is -2.49. The van der Waals surface area contributed by atoms with Crippen LogP contribution >= 0.6 is 0 Å². The molecule has 10 heteroatoms. The van der Waals surface area contributed by atoms with Crippen LogP contribution in [0.3, 0.4) is 0 Å². The van der Waals surface area contributed by atoms with E-state index >= 15 is 0 Å². The number of carbonyl (C=O) groups is 1. The molecular formula is C28H25F3N4O3. The number of nitrogens with zero attached hydrogens (tertiary/aromatic N) is 3. The van der Waals surface area contributed by atoms with E-state index in [9.17, 15) is 22.8 Å². The highest BCUT2D eigenvalue weighted by Crippen LogP contribution is 2.39. The first-order valence-electron chi connectivity index (χ1n) is 12.1. The van der Waals surface area contributed by atoms with Gasteiger partial charge in [0, 0.05) is 31.7 Å². The normalized spacial score (nSPS) is 14.1. The molecule has 3 aromatic carbocycles. The third-order valence-electron chi connectivity index (χ3n) is 6.76. The minimum Gasteiger partial charge on any atom is -0.496 e. The lowest BCUT2D eigenvalue weighted by atomic mass is 9.96. The molecule has 1 aromatic heterocycles. The zero-order valence-corrected chi connectivity index (χ0v) is 20.8. The summed E-state index contributed by atoms with van der Waals surface area (Å²) in [5, 5.41) is 0.521. The highest BCUT2D eigenvalue weighted by atomic mass is 19.4. The zero-order valence-electron chi connectivity index (χ0n) is 20.8. The zero-order chi connectivity index (χ0) is 27.0. The number of para-hydroxylation sites is 1. The molecule has 0 radical (unpaired) electrons. The standard InChI is InChI=1S/C28H25F3N4O3/c1-17-15-19(7-9-20(17)18-8-10-24(38-2)22(16-18)28(29,30)31)26(37)34-11-13-35(14-12-34)27-32-23-6-4-3-5-21(23)25(36)33-27/h3-10,15-16H,11-14H2,1-2H3,(H,32,33,36). The Labute approximate surface area is 216 Å². The number of nitrogens with one attached hydrogen (secondary N) is 1. The molecule has 0 atom stereocenters. The Hall–Kier alpha value is -4.34. The minimum atomic E-state index is -4.55. The molecule has 1 amide bonds. The van der Waals surface area contributed by atoms with Crippen LogP contribution in [0, 0.1) is 6.92 Å². The topological polar surface area (TPSA) is 78.5 Å². The van der Waals surface area contributed by atoms with Crippen molar-refractivity contribution in [3.63, 3.8) is 0 Å². The summed E-state index contributed by atoms with van der Waals surface area (Å²) in [7, 11) is 1.20. The first kappa shape index (κ1) is 25.3. The number of aromatic amines is 1. The number of piperazine rings is 1. The van der Waals surface area contributed by atoms with Crippen molar-refractivity contribution in [3.05, 3.63) is 87.7 Å². The molecule has 7 nitrogen and oxygen atoms in total. The first-order chi connectivity index (χ1) is 18.2. The van der Waals surface area contributed by atoms with E-state index in [1.165, 1.54) is 13.2 Å². The Morgan fingerprint density at radius 3 is 2.42 bits per heavy atom. The summed E-state index contributed by atoms with van der Waals surface area (Å²) in [6, 6.07) is 16.1. The molecule has 196 valence electrons. The predicted molar refractivity (Wildman–Crippen MR) is 139 cm³/mol. The number of H-pyrrole nitrogens is 1. The molecule has 38 heavy (non-hydrogen) atoms. The van der Waals surface area contributed by atoms with E-state index in [0.717, 1.165) is 6.07 Å². The van der Waals surface area contributed by atoms with Gasteiger partial charge < -0.3 is 14.5 Å². The number of hydrogen-bond acceptors (Lipinski definition) is 5.